The second kappa shape index (κ2) is 9.71. The molecule has 3 aromatic rings. The molecule has 0 aliphatic heterocycles. The van der Waals surface area contributed by atoms with Crippen LogP contribution in [0, 0.1) is 5.82 Å². The maximum Gasteiger partial charge on any atom is 0.388 e. The zero-order valence-corrected chi connectivity index (χ0v) is 16.0. The number of amides is 1. The lowest BCUT2D eigenvalue weighted by Gasteiger charge is -2.10. The number of aromatic nitrogens is 3. The number of hydroxylamine groups is 1. The molecule has 1 amide bonds. The molecule has 1 aromatic carbocycles. The third kappa shape index (κ3) is 5.57. The molecule has 0 aliphatic rings. The first-order valence-corrected chi connectivity index (χ1v) is 8.65. The summed E-state index contributed by atoms with van der Waals surface area (Å²) in [6.07, 6.45) is 2.50. The molecular weight excluding hydrogens is 419 g/mol. The summed E-state index contributed by atoms with van der Waals surface area (Å²) in [7, 11) is 1.43. The molecule has 0 bridgehead atoms. The Kier molecular flexibility index (Phi) is 6.82. The Bertz CT molecular complexity index is 1070. The van der Waals surface area contributed by atoms with E-state index in [1.54, 1.807) is 0 Å². The van der Waals surface area contributed by atoms with E-state index >= 15 is 0 Å². The van der Waals surface area contributed by atoms with Gasteiger partial charge in [-0.1, -0.05) is 0 Å². The fourth-order valence-electron chi connectivity index (χ4n) is 2.41. The van der Waals surface area contributed by atoms with Crippen LogP contribution < -0.4 is 20.7 Å². The molecule has 3 rings (SSSR count). The first-order valence-electron chi connectivity index (χ1n) is 8.65. The van der Waals surface area contributed by atoms with Crippen LogP contribution >= 0.6 is 0 Å². The Balaban J connectivity index is 1.69. The highest BCUT2D eigenvalue weighted by Crippen LogP contribution is 2.21. The quantitative estimate of drug-likeness (QED) is 0.518. The highest BCUT2D eigenvalue weighted by Gasteiger charge is 2.16. The Morgan fingerprint density at radius 1 is 1.19 bits per heavy atom. The molecule has 9 nitrogen and oxygen atoms in total. The maximum absolute atomic E-state index is 13.8. The van der Waals surface area contributed by atoms with Crippen molar-refractivity contribution in [2.45, 2.75) is 13.2 Å². The number of nitrogens with zero attached hydrogens (tertiary/aromatic N) is 3. The number of hydrogen-bond acceptors (Lipinski definition) is 8. The summed E-state index contributed by atoms with van der Waals surface area (Å²) < 4.78 is 47.4. The van der Waals surface area contributed by atoms with Gasteiger partial charge in [0, 0.05) is 23.4 Å². The van der Waals surface area contributed by atoms with Crippen LogP contribution in [0.15, 0.2) is 42.7 Å². The number of rotatable bonds is 8. The van der Waals surface area contributed by atoms with Crippen LogP contribution in [-0.2, 0) is 11.4 Å². The maximum atomic E-state index is 13.8. The van der Waals surface area contributed by atoms with Crippen molar-refractivity contribution >= 4 is 11.7 Å². The largest absolute Gasteiger partial charge is 0.497 e. The first-order chi connectivity index (χ1) is 14.9. The van der Waals surface area contributed by atoms with Gasteiger partial charge < -0.3 is 15.2 Å². The van der Waals surface area contributed by atoms with E-state index in [4.69, 9.17) is 15.3 Å². The number of carbonyl (C=O) groups is 1. The molecule has 3 N–H and O–H groups in total. The predicted molar refractivity (Wildman–Crippen MR) is 102 cm³/mol. The zero-order chi connectivity index (χ0) is 22.4. The fourth-order valence-corrected chi connectivity index (χ4v) is 2.41. The molecule has 2 aromatic heterocycles. The third-order valence-corrected chi connectivity index (χ3v) is 3.90. The number of methoxy groups -OCH3 is 1. The SMILES string of the molecule is COc1ccc(F)c(CONC(=O)c2nc(-c3ccc(OC(F)F)nc3)cnc2N)c1. The van der Waals surface area contributed by atoms with E-state index in [-0.39, 0.29) is 35.3 Å². The molecule has 0 radical (unpaired) electrons. The van der Waals surface area contributed by atoms with Crippen molar-refractivity contribution in [1.29, 1.82) is 0 Å². The van der Waals surface area contributed by atoms with Crippen molar-refractivity contribution in [3.05, 3.63) is 59.8 Å². The lowest BCUT2D eigenvalue weighted by Crippen LogP contribution is -2.26. The number of nitrogens with two attached hydrogens (primary N) is 1. The molecule has 0 aliphatic carbocycles. The number of nitrogens with one attached hydrogen (secondary N) is 1. The topological polar surface area (TPSA) is 121 Å². The summed E-state index contributed by atoms with van der Waals surface area (Å²) in [5.74, 6) is -1.39. The molecule has 2 heterocycles. The van der Waals surface area contributed by atoms with Crippen LogP contribution in [0.1, 0.15) is 16.1 Å². The normalized spacial score (nSPS) is 10.7. The van der Waals surface area contributed by atoms with Gasteiger partial charge in [-0.25, -0.2) is 24.8 Å². The van der Waals surface area contributed by atoms with Gasteiger partial charge in [-0.15, -0.1) is 0 Å². The smallest absolute Gasteiger partial charge is 0.388 e. The minimum absolute atomic E-state index is 0.157. The van der Waals surface area contributed by atoms with Gasteiger partial charge in [-0.05, 0) is 24.3 Å². The van der Waals surface area contributed by atoms with Crippen molar-refractivity contribution in [3.63, 3.8) is 0 Å². The van der Waals surface area contributed by atoms with Crippen molar-refractivity contribution in [1.82, 2.24) is 20.4 Å². The van der Waals surface area contributed by atoms with Crippen molar-refractivity contribution in [2.75, 3.05) is 12.8 Å². The second-order valence-electron chi connectivity index (χ2n) is 5.93. The van der Waals surface area contributed by atoms with E-state index in [0.29, 0.717) is 11.3 Å². The summed E-state index contributed by atoms with van der Waals surface area (Å²) in [6, 6.07) is 6.70. The molecule has 0 spiro atoms. The molecule has 0 unspecified atom stereocenters. The van der Waals surface area contributed by atoms with Gasteiger partial charge in [0.1, 0.15) is 18.2 Å². The molecule has 0 saturated heterocycles. The summed E-state index contributed by atoms with van der Waals surface area (Å²) in [6.45, 7) is -3.28. The molecular formula is C19H16F3N5O4. The standard InChI is InChI=1S/C19H16F3N5O4/c1-29-12-3-4-13(20)11(6-12)9-30-27-18(28)16-17(23)25-8-14(26-16)10-2-5-15(24-7-10)31-19(21)22/h2-8,19H,9H2,1H3,(H2,23,25)(H,27,28). The predicted octanol–water partition coefficient (Wildman–Crippen LogP) is 2.73. The number of pyridine rings is 1. The van der Waals surface area contributed by atoms with E-state index < -0.39 is 18.3 Å². The fraction of sp³-hybridized carbons (Fsp3) is 0.158. The zero-order valence-electron chi connectivity index (χ0n) is 16.0. The molecule has 31 heavy (non-hydrogen) atoms. The Morgan fingerprint density at radius 3 is 2.68 bits per heavy atom. The van der Waals surface area contributed by atoms with Crippen LogP contribution in [0.25, 0.3) is 11.3 Å². The minimum atomic E-state index is -3.00. The number of anilines is 1. The number of halogens is 3. The van der Waals surface area contributed by atoms with Gasteiger partial charge in [-0.3, -0.25) is 9.63 Å². The molecule has 12 heteroatoms. The molecule has 162 valence electrons. The number of nitrogen functional groups attached to an aromatic ring is 1. The van der Waals surface area contributed by atoms with Gasteiger partial charge in [0.2, 0.25) is 5.88 Å². The van der Waals surface area contributed by atoms with Crippen molar-refractivity contribution < 1.29 is 32.3 Å². The summed E-state index contributed by atoms with van der Waals surface area (Å²) in [4.78, 5) is 29.1. The average molecular weight is 435 g/mol. The van der Waals surface area contributed by atoms with Gasteiger partial charge in [-0.2, -0.15) is 8.78 Å². The summed E-state index contributed by atoms with van der Waals surface area (Å²) >= 11 is 0. The highest BCUT2D eigenvalue weighted by molar-refractivity contribution is 5.96. The van der Waals surface area contributed by atoms with Crippen LogP contribution in [0.5, 0.6) is 11.6 Å². The number of alkyl halides is 2. The number of ether oxygens (including phenoxy) is 2. The Hall–Kier alpha value is -3.93. The third-order valence-electron chi connectivity index (χ3n) is 3.90. The van der Waals surface area contributed by atoms with E-state index in [1.165, 1.54) is 49.8 Å². The molecule has 0 fully saturated rings. The van der Waals surface area contributed by atoms with Crippen LogP contribution in [0.4, 0.5) is 19.0 Å². The van der Waals surface area contributed by atoms with Crippen molar-refractivity contribution in [2.24, 2.45) is 0 Å². The number of hydrogen-bond donors (Lipinski definition) is 2. The molecule has 0 atom stereocenters. The minimum Gasteiger partial charge on any atom is -0.497 e. The van der Waals surface area contributed by atoms with Gasteiger partial charge in [0.05, 0.1) is 19.0 Å². The number of carbonyl (C=O) groups excluding carboxylic acids is 1. The van der Waals surface area contributed by atoms with Gasteiger partial charge in [0.25, 0.3) is 5.91 Å². The lowest BCUT2D eigenvalue weighted by atomic mass is 10.2. The summed E-state index contributed by atoms with van der Waals surface area (Å²) in [5.41, 5.74) is 8.31. The second-order valence-corrected chi connectivity index (χ2v) is 5.93. The first kappa shape index (κ1) is 21.8. The van der Waals surface area contributed by atoms with Crippen LogP contribution in [0.2, 0.25) is 0 Å². The van der Waals surface area contributed by atoms with Crippen LogP contribution in [-0.4, -0.2) is 34.6 Å². The van der Waals surface area contributed by atoms with Crippen LogP contribution in [0.3, 0.4) is 0 Å². The van der Waals surface area contributed by atoms with E-state index in [2.05, 4.69) is 25.2 Å². The van der Waals surface area contributed by atoms with E-state index in [0.717, 1.165) is 0 Å². The Labute approximate surface area is 174 Å². The summed E-state index contributed by atoms with van der Waals surface area (Å²) in [5, 5.41) is 0. The van der Waals surface area contributed by atoms with Crippen molar-refractivity contribution in [3.8, 4) is 22.9 Å². The number of benzene rings is 1. The average Bonchev–Trinajstić information content (AvgIpc) is 2.75. The van der Waals surface area contributed by atoms with Gasteiger partial charge in [0.15, 0.2) is 11.5 Å². The van der Waals surface area contributed by atoms with E-state index in [9.17, 15) is 18.0 Å². The Morgan fingerprint density at radius 2 is 2.00 bits per heavy atom. The highest BCUT2D eigenvalue weighted by atomic mass is 19.3. The lowest BCUT2D eigenvalue weighted by molar-refractivity contribution is -0.0528. The molecule has 0 saturated carbocycles. The van der Waals surface area contributed by atoms with Gasteiger partial charge >= 0.3 is 6.61 Å². The van der Waals surface area contributed by atoms with E-state index in [1.807, 2.05) is 0 Å². The monoisotopic (exact) mass is 435 g/mol.